The minimum absolute atomic E-state index is 0.0109. The Morgan fingerprint density at radius 3 is 2.77 bits per heavy atom. The highest BCUT2D eigenvalue weighted by Crippen LogP contribution is 2.34. The van der Waals surface area contributed by atoms with Crippen LogP contribution in [-0.4, -0.2) is 28.6 Å². The van der Waals surface area contributed by atoms with E-state index in [1.807, 2.05) is 12.1 Å². The van der Waals surface area contributed by atoms with Crippen LogP contribution in [0, 0.1) is 0 Å². The average Bonchev–Trinajstić information content (AvgIpc) is 3.06. The smallest absolute Gasteiger partial charge is 0.227 e. The first-order valence-electron chi connectivity index (χ1n) is 6.70. The number of hydrogen-bond acceptors (Lipinski definition) is 5. The number of halogens is 1. The summed E-state index contributed by atoms with van der Waals surface area (Å²) in [7, 11) is 0. The Balaban J connectivity index is 1.75. The van der Waals surface area contributed by atoms with E-state index in [0.29, 0.717) is 23.1 Å². The highest BCUT2D eigenvalue weighted by atomic mass is 35.5. The van der Waals surface area contributed by atoms with E-state index in [1.54, 1.807) is 17.0 Å². The van der Waals surface area contributed by atoms with E-state index in [1.165, 1.54) is 18.3 Å². The second-order valence-electron chi connectivity index (χ2n) is 5.01. The van der Waals surface area contributed by atoms with Gasteiger partial charge in [0.05, 0.1) is 0 Å². The van der Waals surface area contributed by atoms with E-state index in [9.17, 15) is 9.59 Å². The Kier molecular flexibility index (Phi) is 4.08. The minimum Gasteiger partial charge on any atom is -0.312 e. The van der Waals surface area contributed by atoms with Gasteiger partial charge in [-0.2, -0.15) is 0 Å². The van der Waals surface area contributed by atoms with Crippen LogP contribution in [0.4, 0.5) is 10.8 Å². The lowest BCUT2D eigenvalue weighted by Gasteiger charge is -2.16. The molecule has 114 valence electrons. The number of carbonyl (C=O) groups is 2. The van der Waals surface area contributed by atoms with Gasteiger partial charge in [-0.1, -0.05) is 22.9 Å². The van der Waals surface area contributed by atoms with Gasteiger partial charge in [-0.25, -0.2) is 0 Å². The lowest BCUT2D eigenvalue weighted by molar-refractivity contribution is -0.117. The maximum atomic E-state index is 12.2. The Bertz CT molecular complexity index is 716. The number of nitrogens with zero attached hydrogens (tertiary/aromatic N) is 3. The van der Waals surface area contributed by atoms with E-state index in [0.717, 1.165) is 10.7 Å². The number of hydrogen-bond donors (Lipinski definition) is 1. The molecule has 22 heavy (non-hydrogen) atoms. The fraction of sp³-hybridized carbons (Fsp3) is 0.286. The van der Waals surface area contributed by atoms with E-state index < -0.39 is 0 Å². The fourth-order valence-electron chi connectivity index (χ4n) is 2.34. The van der Waals surface area contributed by atoms with Crippen molar-refractivity contribution in [3.05, 3.63) is 34.3 Å². The highest BCUT2D eigenvalue weighted by molar-refractivity contribution is 7.15. The van der Waals surface area contributed by atoms with Crippen molar-refractivity contribution in [1.29, 1.82) is 0 Å². The number of benzene rings is 1. The average molecular weight is 337 g/mol. The van der Waals surface area contributed by atoms with E-state index >= 15 is 0 Å². The van der Waals surface area contributed by atoms with Crippen molar-refractivity contribution in [3.63, 3.8) is 0 Å². The van der Waals surface area contributed by atoms with Crippen molar-refractivity contribution in [2.45, 2.75) is 19.3 Å². The summed E-state index contributed by atoms with van der Waals surface area (Å²) in [6.45, 7) is 1.97. The zero-order chi connectivity index (χ0) is 15.7. The number of rotatable bonds is 3. The van der Waals surface area contributed by atoms with Gasteiger partial charge in [-0.3, -0.25) is 9.59 Å². The van der Waals surface area contributed by atoms with Crippen molar-refractivity contribution in [2.24, 2.45) is 0 Å². The first-order chi connectivity index (χ1) is 10.5. The van der Waals surface area contributed by atoms with Crippen LogP contribution >= 0.6 is 22.9 Å². The lowest BCUT2D eigenvalue weighted by Crippen LogP contribution is -2.24. The first kappa shape index (κ1) is 14.9. The van der Waals surface area contributed by atoms with Gasteiger partial charge in [-0.15, -0.1) is 10.2 Å². The predicted molar refractivity (Wildman–Crippen MR) is 85.4 cm³/mol. The van der Waals surface area contributed by atoms with Crippen molar-refractivity contribution in [2.75, 3.05) is 16.8 Å². The highest BCUT2D eigenvalue weighted by Gasteiger charge is 2.33. The minimum atomic E-state index is -0.187. The van der Waals surface area contributed by atoms with Crippen LogP contribution in [0.5, 0.6) is 0 Å². The van der Waals surface area contributed by atoms with Crippen LogP contribution in [0.15, 0.2) is 24.3 Å². The van der Waals surface area contributed by atoms with Gasteiger partial charge < -0.3 is 10.2 Å². The Labute approximate surface area is 136 Å². The van der Waals surface area contributed by atoms with Crippen LogP contribution in [0.1, 0.15) is 24.3 Å². The van der Waals surface area contributed by atoms with Gasteiger partial charge in [0.2, 0.25) is 16.9 Å². The molecular formula is C14H13ClN4O2S. The maximum absolute atomic E-state index is 12.2. The summed E-state index contributed by atoms with van der Waals surface area (Å²) >= 11 is 7.18. The lowest BCUT2D eigenvalue weighted by atomic mass is 10.1. The van der Waals surface area contributed by atoms with Crippen molar-refractivity contribution in [1.82, 2.24) is 10.2 Å². The summed E-state index contributed by atoms with van der Waals surface area (Å²) in [6.07, 6.45) is 0.386. The molecule has 0 spiro atoms. The summed E-state index contributed by atoms with van der Waals surface area (Å²) in [4.78, 5) is 24.9. The van der Waals surface area contributed by atoms with Crippen LogP contribution in [-0.2, 0) is 9.59 Å². The topological polar surface area (TPSA) is 75.2 Å². The van der Waals surface area contributed by atoms with Gasteiger partial charge in [0, 0.05) is 36.5 Å². The molecule has 1 aromatic carbocycles. The van der Waals surface area contributed by atoms with Crippen LogP contribution in [0.3, 0.4) is 0 Å². The Morgan fingerprint density at radius 2 is 2.09 bits per heavy atom. The predicted octanol–water partition coefficient (Wildman–Crippen LogP) is 2.67. The molecule has 1 aliphatic rings. The first-order valence-corrected chi connectivity index (χ1v) is 7.89. The molecule has 3 rings (SSSR count). The Hall–Kier alpha value is -1.99. The SMILES string of the molecule is CC(=O)Nc1nnc(C2CC(=O)N(c3ccc(Cl)cc3)C2)s1. The molecule has 8 heteroatoms. The molecule has 0 saturated carbocycles. The summed E-state index contributed by atoms with van der Waals surface area (Å²) in [5.74, 6) is -0.153. The number of amides is 2. The third kappa shape index (κ3) is 3.10. The van der Waals surface area contributed by atoms with E-state index in [4.69, 9.17) is 11.6 Å². The van der Waals surface area contributed by atoms with Gasteiger partial charge >= 0.3 is 0 Å². The van der Waals surface area contributed by atoms with Crippen LogP contribution in [0.25, 0.3) is 0 Å². The molecule has 0 bridgehead atoms. The zero-order valence-electron chi connectivity index (χ0n) is 11.7. The quantitative estimate of drug-likeness (QED) is 0.935. The van der Waals surface area contributed by atoms with Crippen molar-refractivity contribution >= 4 is 45.6 Å². The molecule has 1 N–H and O–H groups in total. The van der Waals surface area contributed by atoms with Gasteiger partial charge in [-0.05, 0) is 24.3 Å². The molecule has 2 aromatic rings. The summed E-state index contributed by atoms with van der Waals surface area (Å²) in [5.41, 5.74) is 0.823. The molecular weight excluding hydrogens is 324 g/mol. The standard InChI is InChI=1S/C14H13ClN4O2S/c1-8(20)16-14-18-17-13(22-14)9-6-12(21)19(7-9)11-4-2-10(15)3-5-11/h2-5,9H,6-7H2,1H3,(H,16,18,20). The fourth-order valence-corrected chi connectivity index (χ4v) is 3.35. The van der Waals surface area contributed by atoms with Crippen LogP contribution < -0.4 is 10.2 Å². The molecule has 0 radical (unpaired) electrons. The molecule has 1 saturated heterocycles. The normalized spacial score (nSPS) is 17.8. The Morgan fingerprint density at radius 1 is 1.36 bits per heavy atom. The van der Waals surface area contributed by atoms with Gasteiger partial charge in [0.15, 0.2) is 0 Å². The second kappa shape index (κ2) is 6.02. The molecule has 1 atom stereocenters. The molecule has 1 fully saturated rings. The second-order valence-corrected chi connectivity index (χ2v) is 6.45. The third-order valence-corrected chi connectivity index (χ3v) is 4.59. The number of nitrogens with one attached hydrogen (secondary N) is 1. The van der Waals surface area contributed by atoms with E-state index in [-0.39, 0.29) is 17.7 Å². The zero-order valence-corrected chi connectivity index (χ0v) is 13.3. The number of aromatic nitrogens is 2. The largest absolute Gasteiger partial charge is 0.312 e. The third-order valence-electron chi connectivity index (χ3n) is 3.34. The monoisotopic (exact) mass is 336 g/mol. The summed E-state index contributed by atoms with van der Waals surface area (Å²) in [6, 6.07) is 7.17. The molecule has 1 aliphatic heterocycles. The summed E-state index contributed by atoms with van der Waals surface area (Å²) in [5, 5.41) is 12.5. The summed E-state index contributed by atoms with van der Waals surface area (Å²) < 4.78 is 0. The molecule has 2 amide bonds. The van der Waals surface area contributed by atoms with E-state index in [2.05, 4.69) is 15.5 Å². The molecule has 2 heterocycles. The van der Waals surface area contributed by atoms with Crippen LogP contribution in [0.2, 0.25) is 5.02 Å². The number of carbonyl (C=O) groups excluding carboxylic acids is 2. The molecule has 6 nitrogen and oxygen atoms in total. The van der Waals surface area contributed by atoms with Crippen molar-refractivity contribution in [3.8, 4) is 0 Å². The van der Waals surface area contributed by atoms with Gasteiger partial charge in [0.1, 0.15) is 5.01 Å². The molecule has 1 unspecified atom stereocenters. The maximum Gasteiger partial charge on any atom is 0.227 e. The number of anilines is 2. The van der Waals surface area contributed by atoms with Gasteiger partial charge in [0.25, 0.3) is 0 Å². The molecule has 1 aromatic heterocycles. The van der Waals surface area contributed by atoms with Crippen molar-refractivity contribution < 1.29 is 9.59 Å². The molecule has 0 aliphatic carbocycles.